The molecule has 1 aromatic carbocycles. The molecular formula is C16H20N2O. The van der Waals surface area contributed by atoms with Crippen molar-refractivity contribution in [2.45, 2.75) is 40.0 Å². The van der Waals surface area contributed by atoms with Crippen LogP contribution in [0.15, 0.2) is 24.4 Å². The molecule has 0 aliphatic heterocycles. The molecule has 100 valence electrons. The summed E-state index contributed by atoms with van der Waals surface area (Å²) in [6, 6.07) is 6.24. The highest BCUT2D eigenvalue weighted by atomic mass is 16.1. The van der Waals surface area contributed by atoms with Crippen LogP contribution in [0.1, 0.15) is 48.0 Å². The molecule has 2 rings (SSSR count). The standard InChI is InChI=1S/C16H20N2O/c1-11-6-7-12(2)14(8-11)18-9-13(10-19)15(17-18)16(3,4)5/h6-10H,1-5H3. The number of carbonyl (C=O) groups is 1. The highest BCUT2D eigenvalue weighted by Gasteiger charge is 2.22. The first-order valence-corrected chi connectivity index (χ1v) is 6.46. The third-order valence-corrected chi connectivity index (χ3v) is 3.19. The van der Waals surface area contributed by atoms with Crippen molar-refractivity contribution in [3.05, 3.63) is 46.8 Å². The van der Waals surface area contributed by atoms with E-state index >= 15 is 0 Å². The number of nitrogens with zero attached hydrogens (tertiary/aromatic N) is 2. The van der Waals surface area contributed by atoms with E-state index in [2.05, 4.69) is 51.0 Å². The fraction of sp³-hybridized carbons (Fsp3) is 0.375. The van der Waals surface area contributed by atoms with Crippen LogP contribution >= 0.6 is 0 Å². The van der Waals surface area contributed by atoms with Gasteiger partial charge in [-0.2, -0.15) is 5.10 Å². The van der Waals surface area contributed by atoms with Crippen LogP contribution in [-0.2, 0) is 5.41 Å². The lowest BCUT2D eigenvalue weighted by atomic mass is 9.90. The van der Waals surface area contributed by atoms with Crippen LogP contribution in [-0.4, -0.2) is 16.1 Å². The van der Waals surface area contributed by atoms with Crippen molar-refractivity contribution in [1.82, 2.24) is 9.78 Å². The van der Waals surface area contributed by atoms with Crippen LogP contribution in [0.5, 0.6) is 0 Å². The first-order chi connectivity index (χ1) is 8.82. The van der Waals surface area contributed by atoms with Gasteiger partial charge < -0.3 is 0 Å². The van der Waals surface area contributed by atoms with Crippen LogP contribution in [0.2, 0.25) is 0 Å². The van der Waals surface area contributed by atoms with Crippen molar-refractivity contribution in [1.29, 1.82) is 0 Å². The molecule has 0 aliphatic rings. The van der Waals surface area contributed by atoms with Gasteiger partial charge in [0.25, 0.3) is 0 Å². The number of aryl methyl sites for hydroxylation is 2. The number of aldehydes is 1. The van der Waals surface area contributed by atoms with E-state index in [1.165, 1.54) is 5.56 Å². The average molecular weight is 256 g/mol. The Morgan fingerprint density at radius 3 is 2.42 bits per heavy atom. The molecule has 2 aromatic rings. The fourth-order valence-electron chi connectivity index (χ4n) is 2.15. The lowest BCUT2D eigenvalue weighted by molar-refractivity contribution is 0.112. The maximum absolute atomic E-state index is 11.2. The van der Waals surface area contributed by atoms with E-state index < -0.39 is 0 Å². The largest absolute Gasteiger partial charge is 0.298 e. The summed E-state index contributed by atoms with van der Waals surface area (Å²) >= 11 is 0. The summed E-state index contributed by atoms with van der Waals surface area (Å²) in [5.74, 6) is 0. The van der Waals surface area contributed by atoms with Crippen LogP contribution in [0, 0.1) is 13.8 Å². The van der Waals surface area contributed by atoms with Gasteiger partial charge in [-0.25, -0.2) is 4.68 Å². The van der Waals surface area contributed by atoms with Gasteiger partial charge in [0, 0.05) is 11.6 Å². The number of aromatic nitrogens is 2. The molecule has 3 heteroatoms. The highest BCUT2D eigenvalue weighted by Crippen LogP contribution is 2.25. The van der Waals surface area contributed by atoms with Crippen molar-refractivity contribution < 1.29 is 4.79 Å². The molecule has 0 saturated carbocycles. The van der Waals surface area contributed by atoms with E-state index in [1.54, 1.807) is 0 Å². The molecule has 0 fully saturated rings. The topological polar surface area (TPSA) is 34.9 Å². The summed E-state index contributed by atoms with van der Waals surface area (Å²) in [4.78, 5) is 11.2. The molecule has 0 unspecified atom stereocenters. The number of benzene rings is 1. The third kappa shape index (κ3) is 2.60. The zero-order valence-corrected chi connectivity index (χ0v) is 12.2. The molecule has 0 N–H and O–H groups in total. The van der Waals surface area contributed by atoms with Crippen molar-refractivity contribution in [3.63, 3.8) is 0 Å². The minimum absolute atomic E-state index is 0.140. The maximum atomic E-state index is 11.2. The highest BCUT2D eigenvalue weighted by molar-refractivity contribution is 5.77. The Labute approximate surface area is 114 Å². The average Bonchev–Trinajstić information content (AvgIpc) is 2.76. The molecule has 0 spiro atoms. The second-order valence-electron chi connectivity index (χ2n) is 6.04. The van der Waals surface area contributed by atoms with Crippen LogP contribution in [0.3, 0.4) is 0 Å². The molecule has 0 atom stereocenters. The summed E-state index contributed by atoms with van der Waals surface area (Å²) in [5.41, 5.74) is 4.71. The Morgan fingerprint density at radius 1 is 1.21 bits per heavy atom. The van der Waals surface area contributed by atoms with E-state index in [4.69, 9.17) is 0 Å². The number of hydrogen-bond acceptors (Lipinski definition) is 2. The zero-order valence-electron chi connectivity index (χ0n) is 12.2. The van der Waals surface area contributed by atoms with Gasteiger partial charge in [0.1, 0.15) is 0 Å². The van der Waals surface area contributed by atoms with Crippen LogP contribution in [0.4, 0.5) is 0 Å². The summed E-state index contributed by atoms with van der Waals surface area (Å²) < 4.78 is 1.81. The lowest BCUT2D eigenvalue weighted by Gasteiger charge is -2.15. The van der Waals surface area contributed by atoms with Crippen molar-refractivity contribution in [3.8, 4) is 5.69 Å². The summed E-state index contributed by atoms with van der Waals surface area (Å²) in [7, 11) is 0. The van der Waals surface area contributed by atoms with E-state index in [1.807, 2.05) is 17.8 Å². The molecule has 1 heterocycles. The molecule has 0 bridgehead atoms. The second-order valence-corrected chi connectivity index (χ2v) is 6.04. The quantitative estimate of drug-likeness (QED) is 0.769. The predicted octanol–water partition coefficient (Wildman–Crippen LogP) is 3.60. The SMILES string of the molecule is Cc1ccc(C)c(-n2cc(C=O)c(C(C)(C)C)n2)c1. The van der Waals surface area contributed by atoms with E-state index in [0.717, 1.165) is 23.2 Å². The monoisotopic (exact) mass is 256 g/mol. The molecule has 1 aromatic heterocycles. The van der Waals surface area contributed by atoms with Crippen LogP contribution < -0.4 is 0 Å². The first kappa shape index (κ1) is 13.5. The minimum Gasteiger partial charge on any atom is -0.298 e. The van der Waals surface area contributed by atoms with E-state index in [9.17, 15) is 4.79 Å². The van der Waals surface area contributed by atoms with Gasteiger partial charge in [-0.1, -0.05) is 32.9 Å². The van der Waals surface area contributed by atoms with Gasteiger partial charge in [0.05, 0.1) is 16.9 Å². The lowest BCUT2D eigenvalue weighted by Crippen LogP contribution is -2.14. The van der Waals surface area contributed by atoms with Crippen molar-refractivity contribution in [2.24, 2.45) is 0 Å². The molecule has 0 radical (unpaired) electrons. The Kier molecular flexibility index (Phi) is 3.31. The van der Waals surface area contributed by atoms with Gasteiger partial charge in [-0.3, -0.25) is 4.79 Å². The maximum Gasteiger partial charge on any atom is 0.153 e. The van der Waals surface area contributed by atoms with Crippen molar-refractivity contribution >= 4 is 6.29 Å². The molecule has 3 nitrogen and oxygen atoms in total. The summed E-state index contributed by atoms with van der Waals surface area (Å²) in [6.45, 7) is 10.3. The van der Waals surface area contributed by atoms with Crippen molar-refractivity contribution in [2.75, 3.05) is 0 Å². The Balaban J connectivity index is 2.61. The van der Waals surface area contributed by atoms with Gasteiger partial charge in [0.15, 0.2) is 6.29 Å². The third-order valence-electron chi connectivity index (χ3n) is 3.19. The van der Waals surface area contributed by atoms with E-state index in [-0.39, 0.29) is 5.41 Å². The molecule has 19 heavy (non-hydrogen) atoms. The smallest absolute Gasteiger partial charge is 0.153 e. The molecule has 0 amide bonds. The predicted molar refractivity (Wildman–Crippen MR) is 77.1 cm³/mol. The Morgan fingerprint density at radius 2 is 1.89 bits per heavy atom. The second kappa shape index (κ2) is 4.65. The van der Waals surface area contributed by atoms with Crippen LogP contribution in [0.25, 0.3) is 5.69 Å². The van der Waals surface area contributed by atoms with Gasteiger partial charge in [-0.15, -0.1) is 0 Å². The number of carbonyl (C=O) groups excluding carboxylic acids is 1. The van der Waals surface area contributed by atoms with Gasteiger partial charge in [-0.05, 0) is 31.0 Å². The normalized spacial score (nSPS) is 11.6. The number of hydrogen-bond donors (Lipinski definition) is 0. The number of rotatable bonds is 2. The molecular weight excluding hydrogens is 236 g/mol. The zero-order chi connectivity index (χ0) is 14.2. The molecule has 0 saturated heterocycles. The Bertz CT molecular complexity index is 618. The summed E-state index contributed by atoms with van der Waals surface area (Å²) in [5, 5.41) is 4.61. The van der Waals surface area contributed by atoms with Gasteiger partial charge >= 0.3 is 0 Å². The first-order valence-electron chi connectivity index (χ1n) is 6.46. The van der Waals surface area contributed by atoms with Gasteiger partial charge in [0.2, 0.25) is 0 Å². The van der Waals surface area contributed by atoms with E-state index in [0.29, 0.717) is 5.56 Å². The minimum atomic E-state index is -0.140. The fourth-order valence-corrected chi connectivity index (χ4v) is 2.15. The Hall–Kier alpha value is -1.90. The summed E-state index contributed by atoms with van der Waals surface area (Å²) in [6.07, 6.45) is 2.70. The molecule has 0 aliphatic carbocycles.